The zero-order valence-corrected chi connectivity index (χ0v) is 14.6. The van der Waals surface area contributed by atoms with E-state index in [1.165, 1.54) is 11.8 Å². The van der Waals surface area contributed by atoms with Crippen LogP contribution in [-0.2, 0) is 16.1 Å². The topological polar surface area (TPSA) is 81.9 Å². The fraction of sp³-hybridized carbons (Fsp3) is 0.375. The molecule has 1 N–H and O–H groups in total. The Bertz CT molecular complexity index is 674. The average molecular weight is 347 g/mol. The van der Waals surface area contributed by atoms with Gasteiger partial charge in [-0.15, -0.1) is 16.8 Å². The molecule has 0 radical (unpaired) electrons. The Morgan fingerprint density at radius 1 is 1.54 bits per heavy atom. The van der Waals surface area contributed by atoms with E-state index in [4.69, 9.17) is 4.74 Å². The molecule has 0 saturated heterocycles. The lowest BCUT2D eigenvalue weighted by Gasteiger charge is -2.12. The Balaban J connectivity index is 2.14. The van der Waals surface area contributed by atoms with Crippen LogP contribution in [0.4, 0.5) is 0 Å². The highest BCUT2D eigenvalue weighted by molar-refractivity contribution is 8.00. The third kappa shape index (κ3) is 4.65. The molecule has 0 spiro atoms. The molecule has 1 amide bonds. The van der Waals surface area contributed by atoms with Gasteiger partial charge in [-0.05, 0) is 19.1 Å². The monoisotopic (exact) mass is 347 g/mol. The highest BCUT2D eigenvalue weighted by Gasteiger charge is 2.20. The molecule has 8 heteroatoms. The third-order valence-electron chi connectivity index (χ3n) is 3.21. The minimum absolute atomic E-state index is 0.0619. The van der Waals surface area contributed by atoms with E-state index in [2.05, 4.69) is 27.1 Å². The first kappa shape index (κ1) is 18.2. The second-order valence-electron chi connectivity index (χ2n) is 4.99. The summed E-state index contributed by atoms with van der Waals surface area (Å²) in [7, 11) is 1.60. The molecule has 0 saturated carbocycles. The van der Waals surface area contributed by atoms with Gasteiger partial charge in [0.15, 0.2) is 11.0 Å². The molecule has 2 rings (SSSR count). The number of rotatable bonds is 9. The molecule has 0 aromatic carbocycles. The SMILES string of the molecule is C=CCn1c(S[C@H](C)C(=O)NCCOC)nnc1-c1cccnc1. The van der Waals surface area contributed by atoms with Gasteiger partial charge in [0.25, 0.3) is 0 Å². The van der Waals surface area contributed by atoms with Crippen molar-refractivity contribution in [2.45, 2.75) is 23.9 Å². The normalized spacial score (nSPS) is 11.9. The van der Waals surface area contributed by atoms with Crippen molar-refractivity contribution < 1.29 is 9.53 Å². The van der Waals surface area contributed by atoms with Crippen LogP contribution in [0.3, 0.4) is 0 Å². The summed E-state index contributed by atoms with van der Waals surface area (Å²) in [5, 5.41) is 11.7. The van der Waals surface area contributed by atoms with Crippen molar-refractivity contribution in [2.75, 3.05) is 20.3 Å². The fourth-order valence-corrected chi connectivity index (χ4v) is 2.89. The summed E-state index contributed by atoms with van der Waals surface area (Å²) < 4.78 is 6.85. The molecule has 0 fully saturated rings. The van der Waals surface area contributed by atoms with E-state index in [0.717, 1.165) is 5.56 Å². The smallest absolute Gasteiger partial charge is 0.233 e. The van der Waals surface area contributed by atoms with Gasteiger partial charge in [-0.3, -0.25) is 14.3 Å². The summed E-state index contributed by atoms with van der Waals surface area (Å²) in [6, 6.07) is 3.77. The molecule has 2 aromatic heterocycles. The molecule has 24 heavy (non-hydrogen) atoms. The Morgan fingerprint density at radius 3 is 3.04 bits per heavy atom. The molecule has 1 atom stereocenters. The van der Waals surface area contributed by atoms with Crippen LogP contribution >= 0.6 is 11.8 Å². The largest absolute Gasteiger partial charge is 0.383 e. The zero-order valence-electron chi connectivity index (χ0n) is 13.8. The van der Waals surface area contributed by atoms with Crippen molar-refractivity contribution in [3.8, 4) is 11.4 Å². The Labute approximate surface area is 145 Å². The first-order chi connectivity index (χ1) is 11.7. The number of nitrogens with zero attached hydrogens (tertiary/aromatic N) is 4. The number of aromatic nitrogens is 4. The summed E-state index contributed by atoms with van der Waals surface area (Å²) in [4.78, 5) is 16.2. The Hall–Kier alpha value is -2.19. The number of ether oxygens (including phenoxy) is 1. The van der Waals surface area contributed by atoms with Crippen molar-refractivity contribution in [1.29, 1.82) is 0 Å². The maximum Gasteiger partial charge on any atom is 0.233 e. The number of thioether (sulfide) groups is 1. The number of allylic oxidation sites excluding steroid dienone is 1. The maximum atomic E-state index is 12.1. The molecule has 0 aliphatic rings. The lowest BCUT2D eigenvalue weighted by molar-refractivity contribution is -0.120. The molecule has 0 aliphatic heterocycles. The predicted molar refractivity (Wildman–Crippen MR) is 93.7 cm³/mol. The van der Waals surface area contributed by atoms with Gasteiger partial charge in [0.05, 0.1) is 11.9 Å². The lowest BCUT2D eigenvalue weighted by Crippen LogP contribution is -2.33. The van der Waals surface area contributed by atoms with Gasteiger partial charge < -0.3 is 10.1 Å². The van der Waals surface area contributed by atoms with Crippen LogP contribution < -0.4 is 5.32 Å². The summed E-state index contributed by atoms with van der Waals surface area (Å²) >= 11 is 1.36. The first-order valence-corrected chi connectivity index (χ1v) is 8.43. The van der Waals surface area contributed by atoms with Gasteiger partial charge >= 0.3 is 0 Å². The van der Waals surface area contributed by atoms with E-state index in [1.54, 1.807) is 25.6 Å². The van der Waals surface area contributed by atoms with E-state index < -0.39 is 0 Å². The highest BCUT2D eigenvalue weighted by atomic mass is 32.2. The van der Waals surface area contributed by atoms with Crippen molar-refractivity contribution >= 4 is 17.7 Å². The molecular weight excluding hydrogens is 326 g/mol. The standard InChI is InChI=1S/C16H21N5O2S/c1-4-9-21-14(13-6-5-7-17-11-13)19-20-16(21)24-12(2)15(22)18-8-10-23-3/h4-7,11-12H,1,8-10H2,2-3H3,(H,18,22)/t12-/m1/s1. The highest BCUT2D eigenvalue weighted by Crippen LogP contribution is 2.26. The molecule has 2 heterocycles. The van der Waals surface area contributed by atoms with E-state index in [0.29, 0.717) is 30.7 Å². The number of methoxy groups -OCH3 is 1. The first-order valence-electron chi connectivity index (χ1n) is 7.55. The minimum Gasteiger partial charge on any atom is -0.383 e. The van der Waals surface area contributed by atoms with Gasteiger partial charge in [0.1, 0.15) is 0 Å². The lowest BCUT2D eigenvalue weighted by atomic mass is 10.3. The van der Waals surface area contributed by atoms with Crippen LogP contribution in [0.15, 0.2) is 42.3 Å². The number of hydrogen-bond acceptors (Lipinski definition) is 6. The van der Waals surface area contributed by atoms with Crippen LogP contribution in [-0.4, -0.2) is 51.2 Å². The number of hydrogen-bond donors (Lipinski definition) is 1. The van der Waals surface area contributed by atoms with Gasteiger partial charge in [-0.2, -0.15) is 0 Å². The predicted octanol–water partition coefficient (Wildman–Crippen LogP) is 1.77. The maximum absolute atomic E-state index is 12.1. The minimum atomic E-state index is -0.295. The van der Waals surface area contributed by atoms with Gasteiger partial charge in [-0.1, -0.05) is 17.8 Å². The van der Waals surface area contributed by atoms with Crippen molar-refractivity contribution in [1.82, 2.24) is 25.1 Å². The van der Waals surface area contributed by atoms with Crippen LogP contribution in [0.2, 0.25) is 0 Å². The van der Waals surface area contributed by atoms with Crippen LogP contribution in [0, 0.1) is 0 Å². The summed E-state index contributed by atoms with van der Waals surface area (Å²) in [5.74, 6) is 0.644. The Morgan fingerprint density at radius 2 is 2.38 bits per heavy atom. The second kappa shape index (κ2) is 9.19. The molecular formula is C16H21N5O2S. The van der Waals surface area contributed by atoms with Gasteiger partial charge in [0.2, 0.25) is 5.91 Å². The van der Waals surface area contributed by atoms with Crippen molar-refractivity contribution in [3.05, 3.63) is 37.2 Å². The molecule has 2 aromatic rings. The van der Waals surface area contributed by atoms with E-state index >= 15 is 0 Å². The quantitative estimate of drug-likeness (QED) is 0.423. The van der Waals surface area contributed by atoms with Gasteiger partial charge in [-0.25, -0.2) is 0 Å². The average Bonchev–Trinajstić information content (AvgIpc) is 2.98. The number of carbonyl (C=O) groups excluding carboxylic acids is 1. The van der Waals surface area contributed by atoms with Crippen LogP contribution in [0.25, 0.3) is 11.4 Å². The van der Waals surface area contributed by atoms with Crippen molar-refractivity contribution in [2.24, 2.45) is 0 Å². The molecule has 0 aliphatic carbocycles. The number of carbonyl (C=O) groups is 1. The summed E-state index contributed by atoms with van der Waals surface area (Å²) in [6.07, 6.45) is 5.22. The van der Waals surface area contributed by atoms with Crippen LogP contribution in [0.5, 0.6) is 0 Å². The summed E-state index contributed by atoms with van der Waals surface area (Å²) in [5.41, 5.74) is 0.871. The van der Waals surface area contributed by atoms with Gasteiger partial charge in [0, 0.05) is 38.2 Å². The van der Waals surface area contributed by atoms with E-state index in [-0.39, 0.29) is 11.2 Å². The Kier molecular flexibility index (Phi) is 6.95. The summed E-state index contributed by atoms with van der Waals surface area (Å²) in [6.45, 7) is 7.14. The zero-order chi connectivity index (χ0) is 17.4. The molecule has 0 unspecified atom stereocenters. The van der Waals surface area contributed by atoms with E-state index in [1.807, 2.05) is 23.6 Å². The number of pyridine rings is 1. The third-order valence-corrected chi connectivity index (χ3v) is 4.29. The van der Waals surface area contributed by atoms with E-state index in [9.17, 15) is 4.79 Å². The fourth-order valence-electron chi connectivity index (χ4n) is 2.01. The molecule has 0 bridgehead atoms. The number of nitrogens with one attached hydrogen (secondary N) is 1. The molecule has 7 nitrogen and oxygen atoms in total. The number of amides is 1. The van der Waals surface area contributed by atoms with Crippen molar-refractivity contribution in [3.63, 3.8) is 0 Å². The molecule has 128 valence electrons. The van der Waals surface area contributed by atoms with Crippen LogP contribution in [0.1, 0.15) is 6.92 Å². The second-order valence-corrected chi connectivity index (χ2v) is 6.30.